The fourth-order valence-electron chi connectivity index (χ4n) is 10.5. The quantitative estimate of drug-likeness (QED) is 0.155. The first-order valence-corrected chi connectivity index (χ1v) is 24.4. The Kier molecular flexibility index (Phi) is 11.4. The number of alkyl halides is 3. The smallest absolute Gasteiger partial charge is 0.307 e. The summed E-state index contributed by atoms with van der Waals surface area (Å²) < 4.78 is 46.8. The Balaban J connectivity index is 1.20. The molecule has 0 atom stereocenters. The summed E-state index contributed by atoms with van der Waals surface area (Å²) in [5.74, 6) is 0. The molecule has 0 aliphatic carbocycles. The highest BCUT2D eigenvalue weighted by molar-refractivity contribution is 6.14. The van der Waals surface area contributed by atoms with Gasteiger partial charge in [0.15, 0.2) is 0 Å². The van der Waals surface area contributed by atoms with Gasteiger partial charge in [0.1, 0.15) is 0 Å². The third-order valence-electron chi connectivity index (χ3n) is 14.4. The monoisotopic (exact) mass is 1010 g/mol. The lowest BCUT2D eigenvalue weighted by Gasteiger charge is -2.20. The molecule has 12 rings (SSSR count). The van der Waals surface area contributed by atoms with E-state index in [0.717, 1.165) is 100 Å². The zero-order valence-corrected chi connectivity index (χ0v) is 40.8. The maximum Gasteiger partial charge on any atom is 0.416 e. The Morgan fingerprint density at radius 1 is 0.282 bits per heavy atom. The van der Waals surface area contributed by atoms with Crippen molar-refractivity contribution in [3.63, 3.8) is 0 Å². The molecule has 12 aromatic rings. The molecular formula is C67H33F3N8. The van der Waals surface area contributed by atoms with Crippen molar-refractivity contribution in [2.45, 2.75) is 6.18 Å². The average molecular weight is 1010 g/mol. The standard InChI is InChI=1S/C67H33F3N8/c68-67(69,70)54-21-22-55(52(27-54)38-75)56-33-66(78-63-25-19-50(46-13-5-42(36-73)6-14-46)30-59(63)60-31-51(20-26-64(60)78)47-15-7-43(37-74)8-16-47)65(32-53(56)39-76)77-61-23-17-48(44-9-1-40(34-71)2-10-44)28-57(61)58-29-49(18-24-62(58)77)45-11-3-41(35-72)4-12-45/h1-33H. The molecule has 0 aliphatic heterocycles. The molecule has 0 aliphatic rings. The zero-order valence-electron chi connectivity index (χ0n) is 40.8. The molecule has 2 heterocycles. The summed E-state index contributed by atoms with van der Waals surface area (Å²) in [6.45, 7) is 0. The first kappa shape index (κ1) is 47.5. The Labute approximate surface area is 444 Å². The Morgan fingerprint density at radius 2 is 0.577 bits per heavy atom. The lowest BCUT2D eigenvalue weighted by Crippen LogP contribution is -2.07. The van der Waals surface area contributed by atoms with Crippen molar-refractivity contribution in [2.24, 2.45) is 0 Å². The molecule has 0 bridgehead atoms. The van der Waals surface area contributed by atoms with Gasteiger partial charge in [0.25, 0.3) is 0 Å². The second kappa shape index (κ2) is 18.8. The third-order valence-corrected chi connectivity index (χ3v) is 14.4. The van der Waals surface area contributed by atoms with Crippen LogP contribution in [0.3, 0.4) is 0 Å². The molecule has 0 spiro atoms. The van der Waals surface area contributed by atoms with Crippen molar-refractivity contribution in [3.8, 4) is 103 Å². The number of benzene rings is 10. The second-order valence-electron chi connectivity index (χ2n) is 18.7. The van der Waals surface area contributed by atoms with E-state index in [9.17, 15) is 44.7 Å². The lowest BCUT2D eigenvalue weighted by atomic mass is 9.93. The number of hydrogen-bond acceptors (Lipinski definition) is 6. The van der Waals surface area contributed by atoms with Gasteiger partial charge < -0.3 is 9.13 Å². The molecule has 11 heteroatoms. The van der Waals surface area contributed by atoms with Crippen LogP contribution in [0.5, 0.6) is 0 Å². The fourth-order valence-corrected chi connectivity index (χ4v) is 10.5. The van der Waals surface area contributed by atoms with Gasteiger partial charge in [-0.2, -0.15) is 44.7 Å². The Hall–Kier alpha value is -11.5. The summed E-state index contributed by atoms with van der Waals surface area (Å²) in [5, 5.41) is 63.5. The topological polar surface area (TPSA) is 153 Å². The van der Waals surface area contributed by atoms with Crippen LogP contribution in [0.1, 0.15) is 38.9 Å². The third kappa shape index (κ3) is 8.08. The summed E-state index contributed by atoms with van der Waals surface area (Å²) in [6.07, 6.45) is -4.73. The summed E-state index contributed by atoms with van der Waals surface area (Å²) in [5.41, 5.74) is 12.4. The SMILES string of the molecule is N#Cc1ccc(-c2ccc3c(c2)c2cc(-c4ccc(C#N)cc4)ccc2n3-c2cc(C#N)c(-c3ccc(C(F)(F)F)cc3C#N)cc2-n2c3ccc(-c4ccc(C#N)cc4)cc3c3cc(-c4ccc(C#N)cc4)ccc32)cc1. The van der Waals surface area contributed by atoms with Crippen LogP contribution in [0, 0.1) is 68.0 Å². The molecule has 0 saturated carbocycles. The molecule has 362 valence electrons. The lowest BCUT2D eigenvalue weighted by molar-refractivity contribution is -0.137. The van der Waals surface area contributed by atoms with E-state index >= 15 is 0 Å². The summed E-state index contributed by atoms with van der Waals surface area (Å²) in [7, 11) is 0. The van der Waals surface area contributed by atoms with Gasteiger partial charge in [-0.15, -0.1) is 0 Å². The molecule has 0 unspecified atom stereocenters. The number of nitriles is 6. The predicted octanol–water partition coefficient (Wildman–Crippen LogP) is 16.5. The number of halogens is 3. The minimum absolute atomic E-state index is 0.107. The van der Waals surface area contributed by atoms with Crippen molar-refractivity contribution in [1.82, 2.24) is 9.13 Å². The first-order chi connectivity index (χ1) is 38.0. The van der Waals surface area contributed by atoms with E-state index in [1.165, 1.54) is 6.07 Å². The predicted molar refractivity (Wildman–Crippen MR) is 296 cm³/mol. The van der Waals surface area contributed by atoms with Gasteiger partial charge in [-0.05, 0) is 166 Å². The second-order valence-corrected chi connectivity index (χ2v) is 18.7. The van der Waals surface area contributed by atoms with E-state index in [2.05, 4.69) is 63.7 Å². The maximum atomic E-state index is 14.2. The minimum Gasteiger partial charge on any atom is -0.307 e. The van der Waals surface area contributed by atoms with Gasteiger partial charge in [0, 0.05) is 32.7 Å². The highest BCUT2D eigenvalue weighted by Gasteiger charge is 2.32. The van der Waals surface area contributed by atoms with E-state index in [1.807, 2.05) is 103 Å². The Bertz CT molecular complexity index is 4520. The van der Waals surface area contributed by atoms with Crippen LogP contribution in [0.25, 0.3) is 111 Å². The van der Waals surface area contributed by atoms with Crippen molar-refractivity contribution < 1.29 is 13.2 Å². The van der Waals surface area contributed by atoms with Crippen molar-refractivity contribution in [3.05, 3.63) is 239 Å². The Morgan fingerprint density at radius 3 is 0.872 bits per heavy atom. The zero-order chi connectivity index (χ0) is 53.8. The van der Waals surface area contributed by atoms with Crippen LogP contribution in [-0.2, 0) is 6.18 Å². The molecule has 0 N–H and O–H groups in total. The van der Waals surface area contributed by atoms with Gasteiger partial charge in [0.05, 0.1) is 109 Å². The average Bonchev–Trinajstić information content (AvgIpc) is 4.20. The van der Waals surface area contributed by atoms with Gasteiger partial charge >= 0.3 is 6.18 Å². The summed E-state index contributed by atoms with van der Waals surface area (Å²) >= 11 is 0. The molecule has 0 fully saturated rings. The van der Waals surface area contributed by atoms with E-state index < -0.39 is 11.7 Å². The molecule has 8 nitrogen and oxygen atoms in total. The molecular weight excluding hydrogens is 974 g/mol. The molecule has 0 radical (unpaired) electrons. The summed E-state index contributed by atoms with van der Waals surface area (Å²) in [6, 6.07) is 73.2. The minimum atomic E-state index is -4.73. The van der Waals surface area contributed by atoms with E-state index in [4.69, 9.17) is 0 Å². The largest absolute Gasteiger partial charge is 0.416 e. The fraction of sp³-hybridized carbons (Fsp3) is 0.0149. The van der Waals surface area contributed by atoms with Gasteiger partial charge in [-0.3, -0.25) is 0 Å². The maximum absolute atomic E-state index is 14.2. The highest BCUT2D eigenvalue weighted by atomic mass is 19.4. The number of fused-ring (bicyclic) bond motifs is 6. The van der Waals surface area contributed by atoms with Crippen LogP contribution in [0.2, 0.25) is 0 Å². The van der Waals surface area contributed by atoms with E-state index in [-0.39, 0.29) is 22.3 Å². The highest BCUT2D eigenvalue weighted by Crippen LogP contribution is 2.45. The van der Waals surface area contributed by atoms with Gasteiger partial charge in [-0.25, -0.2) is 0 Å². The normalized spacial score (nSPS) is 11.2. The number of hydrogen-bond donors (Lipinski definition) is 0. The van der Waals surface area contributed by atoms with Crippen molar-refractivity contribution in [1.29, 1.82) is 31.6 Å². The van der Waals surface area contributed by atoms with E-state index in [0.29, 0.717) is 33.6 Å². The van der Waals surface area contributed by atoms with Crippen LogP contribution in [0.4, 0.5) is 13.2 Å². The van der Waals surface area contributed by atoms with E-state index in [1.54, 1.807) is 60.7 Å². The number of rotatable bonds is 7. The first-order valence-electron chi connectivity index (χ1n) is 24.4. The van der Waals surface area contributed by atoms with Crippen LogP contribution < -0.4 is 0 Å². The van der Waals surface area contributed by atoms with Gasteiger partial charge in [0.2, 0.25) is 0 Å². The van der Waals surface area contributed by atoms with Crippen LogP contribution >= 0.6 is 0 Å². The number of nitrogens with zero attached hydrogens (tertiary/aromatic N) is 8. The molecule has 0 amide bonds. The molecule has 2 aromatic heterocycles. The number of aromatic nitrogens is 2. The molecule has 78 heavy (non-hydrogen) atoms. The van der Waals surface area contributed by atoms with Gasteiger partial charge in [-0.1, -0.05) is 78.9 Å². The molecule has 0 saturated heterocycles. The molecule has 10 aromatic carbocycles. The van der Waals surface area contributed by atoms with Crippen LogP contribution in [0.15, 0.2) is 200 Å². The van der Waals surface area contributed by atoms with Crippen LogP contribution in [-0.4, -0.2) is 9.13 Å². The van der Waals surface area contributed by atoms with Crippen molar-refractivity contribution >= 4 is 43.6 Å². The van der Waals surface area contributed by atoms with Crippen molar-refractivity contribution in [2.75, 3.05) is 0 Å². The summed E-state index contributed by atoms with van der Waals surface area (Å²) in [4.78, 5) is 0.